The van der Waals surface area contributed by atoms with Gasteiger partial charge in [-0.3, -0.25) is 10.1 Å². The standard InChI is InChI=1S/C31H52N2O6S/c1-22(2)14-12-15-23(3)16-13-17-24(4)18-19-40-21-25(27(34)37-11)20-26(32-28(35)38-30(5,6)7)33-29(36)39-31(8,9)10/h14,16,18,25H,12-13,15,17,19-21H2,1-11H3,(H,32,33,35,36)/b23-16+,24-18+. The fraction of sp³-hybridized carbons (Fsp3) is 0.677. The van der Waals surface area contributed by atoms with Gasteiger partial charge in [0, 0.05) is 17.9 Å². The highest BCUT2D eigenvalue weighted by atomic mass is 32.2. The molecule has 0 rings (SSSR count). The van der Waals surface area contributed by atoms with E-state index in [-0.39, 0.29) is 12.3 Å². The molecule has 9 heteroatoms. The minimum absolute atomic E-state index is 0.0158. The molecule has 0 aliphatic rings. The smallest absolute Gasteiger partial charge is 0.435 e. The third-order valence-corrected chi connectivity index (χ3v) is 6.27. The first kappa shape index (κ1) is 37.5. The van der Waals surface area contributed by atoms with Crippen LogP contribution in [0.2, 0.25) is 0 Å². The molecule has 0 saturated carbocycles. The number of rotatable bonds is 13. The molecule has 1 N–H and O–H groups in total. The summed E-state index contributed by atoms with van der Waals surface area (Å²) in [4.78, 5) is 41.2. The van der Waals surface area contributed by atoms with E-state index in [1.807, 2.05) is 0 Å². The molecule has 2 amide bonds. The van der Waals surface area contributed by atoms with E-state index in [2.05, 4.69) is 56.2 Å². The van der Waals surface area contributed by atoms with Crippen molar-refractivity contribution in [1.29, 1.82) is 0 Å². The van der Waals surface area contributed by atoms with E-state index in [1.165, 1.54) is 23.8 Å². The summed E-state index contributed by atoms with van der Waals surface area (Å²) in [6.07, 6.45) is 9.22. The van der Waals surface area contributed by atoms with Crippen LogP contribution >= 0.6 is 11.8 Å². The normalized spacial score (nSPS) is 13.8. The van der Waals surface area contributed by atoms with Crippen LogP contribution in [-0.4, -0.2) is 53.8 Å². The number of ether oxygens (including phenoxy) is 3. The lowest BCUT2D eigenvalue weighted by Gasteiger charge is -2.22. The van der Waals surface area contributed by atoms with Crippen LogP contribution in [0.5, 0.6) is 0 Å². The average molecular weight is 581 g/mol. The first-order valence-corrected chi connectivity index (χ1v) is 15.0. The van der Waals surface area contributed by atoms with Crippen molar-refractivity contribution in [3.05, 3.63) is 34.9 Å². The van der Waals surface area contributed by atoms with Crippen molar-refractivity contribution >= 4 is 35.8 Å². The molecule has 0 aliphatic heterocycles. The van der Waals surface area contributed by atoms with Gasteiger partial charge in [-0.15, -0.1) is 0 Å². The van der Waals surface area contributed by atoms with Gasteiger partial charge in [-0.2, -0.15) is 16.8 Å². The maximum atomic E-state index is 12.5. The Balaban J connectivity index is 5.23. The summed E-state index contributed by atoms with van der Waals surface area (Å²) in [5, 5.41) is 2.51. The summed E-state index contributed by atoms with van der Waals surface area (Å²) in [5.41, 5.74) is 2.53. The van der Waals surface area contributed by atoms with Gasteiger partial charge in [0.1, 0.15) is 17.0 Å². The Morgan fingerprint density at radius 3 is 1.93 bits per heavy atom. The molecular weight excluding hydrogens is 528 g/mol. The molecule has 0 fully saturated rings. The number of allylic oxidation sites excluding steroid dienone is 5. The van der Waals surface area contributed by atoms with Gasteiger partial charge in [0.15, 0.2) is 0 Å². The van der Waals surface area contributed by atoms with Gasteiger partial charge >= 0.3 is 18.2 Å². The average Bonchev–Trinajstić information content (AvgIpc) is 2.77. The molecule has 1 atom stereocenters. The van der Waals surface area contributed by atoms with Crippen LogP contribution in [0.1, 0.15) is 101 Å². The van der Waals surface area contributed by atoms with Crippen LogP contribution in [-0.2, 0) is 19.0 Å². The largest absolute Gasteiger partial charge is 0.469 e. The lowest BCUT2D eigenvalue weighted by Crippen LogP contribution is -2.39. The summed E-state index contributed by atoms with van der Waals surface area (Å²) in [5.74, 6) is 0.0399. The summed E-state index contributed by atoms with van der Waals surface area (Å²) >= 11 is 1.57. The highest BCUT2D eigenvalue weighted by Gasteiger charge is 2.26. The van der Waals surface area contributed by atoms with Crippen LogP contribution < -0.4 is 5.32 Å². The van der Waals surface area contributed by atoms with Crippen LogP contribution in [0.3, 0.4) is 0 Å². The zero-order chi connectivity index (χ0) is 30.9. The Labute approximate surface area is 246 Å². The van der Waals surface area contributed by atoms with Gasteiger partial charge in [-0.1, -0.05) is 34.9 Å². The van der Waals surface area contributed by atoms with Gasteiger partial charge < -0.3 is 14.2 Å². The fourth-order valence-electron chi connectivity index (χ4n) is 3.30. The molecule has 8 nitrogen and oxygen atoms in total. The van der Waals surface area contributed by atoms with E-state index in [0.29, 0.717) is 5.75 Å². The predicted octanol–water partition coefficient (Wildman–Crippen LogP) is 8.18. The Hall–Kier alpha value is -2.55. The fourth-order valence-corrected chi connectivity index (χ4v) is 4.38. The number of amidine groups is 1. The van der Waals surface area contributed by atoms with Crippen molar-refractivity contribution < 1.29 is 28.6 Å². The molecule has 0 saturated heterocycles. The molecule has 0 aromatic rings. The number of carbonyl (C=O) groups is 3. The minimum Gasteiger partial charge on any atom is -0.469 e. The second kappa shape index (κ2) is 18.7. The Bertz CT molecular complexity index is 948. The maximum absolute atomic E-state index is 12.5. The van der Waals surface area contributed by atoms with E-state index in [0.717, 1.165) is 31.4 Å². The first-order chi connectivity index (χ1) is 18.4. The van der Waals surface area contributed by atoms with E-state index >= 15 is 0 Å². The van der Waals surface area contributed by atoms with E-state index in [4.69, 9.17) is 14.2 Å². The lowest BCUT2D eigenvalue weighted by molar-refractivity contribution is -0.144. The lowest BCUT2D eigenvalue weighted by atomic mass is 10.1. The number of nitrogens with one attached hydrogen (secondary N) is 1. The van der Waals surface area contributed by atoms with Crippen molar-refractivity contribution in [2.45, 2.75) is 113 Å². The topological polar surface area (TPSA) is 103 Å². The highest BCUT2D eigenvalue weighted by Crippen LogP contribution is 2.18. The number of alkyl carbamates (subject to hydrolysis) is 1. The van der Waals surface area contributed by atoms with Gasteiger partial charge in [-0.25, -0.2) is 9.59 Å². The molecule has 0 heterocycles. The Morgan fingerprint density at radius 1 is 0.850 bits per heavy atom. The molecule has 40 heavy (non-hydrogen) atoms. The third-order valence-electron chi connectivity index (χ3n) is 5.23. The van der Waals surface area contributed by atoms with Crippen molar-refractivity contribution in [3.63, 3.8) is 0 Å². The van der Waals surface area contributed by atoms with Crippen LogP contribution in [0.4, 0.5) is 9.59 Å². The number of hydrogen-bond acceptors (Lipinski definition) is 7. The van der Waals surface area contributed by atoms with Gasteiger partial charge in [0.25, 0.3) is 0 Å². The number of aliphatic imine (C=N–C) groups is 1. The SMILES string of the molecule is COC(=O)C(CSC/C=C(\C)CC/C=C(\C)CCC=C(C)C)CC(=NC(=O)OC(C)(C)C)NC(=O)OC(C)(C)C. The maximum Gasteiger partial charge on any atom is 0.435 e. The Kier molecular flexibility index (Phi) is 17.5. The first-order valence-electron chi connectivity index (χ1n) is 13.8. The van der Waals surface area contributed by atoms with Gasteiger partial charge in [0.2, 0.25) is 0 Å². The molecule has 0 aromatic carbocycles. The number of amides is 2. The number of thioether (sulfide) groups is 1. The summed E-state index contributed by atoms with van der Waals surface area (Å²) in [6.45, 7) is 18.9. The summed E-state index contributed by atoms with van der Waals surface area (Å²) in [6, 6.07) is 0. The number of methoxy groups -OCH3 is 1. The quantitative estimate of drug-likeness (QED) is 0.0585. The zero-order valence-electron chi connectivity index (χ0n) is 26.6. The number of carbonyl (C=O) groups excluding carboxylic acids is 3. The predicted molar refractivity (Wildman–Crippen MR) is 166 cm³/mol. The number of hydrogen-bond donors (Lipinski definition) is 1. The van der Waals surface area contributed by atoms with Crippen molar-refractivity contribution in [3.8, 4) is 0 Å². The van der Waals surface area contributed by atoms with Gasteiger partial charge in [-0.05, 0) is 94.9 Å². The van der Waals surface area contributed by atoms with E-state index in [9.17, 15) is 14.4 Å². The second-order valence-corrected chi connectivity index (χ2v) is 13.2. The van der Waals surface area contributed by atoms with Crippen LogP contribution in [0.15, 0.2) is 39.9 Å². The molecule has 0 bridgehead atoms. The summed E-state index contributed by atoms with van der Waals surface area (Å²) in [7, 11) is 1.31. The second-order valence-electron chi connectivity index (χ2n) is 12.1. The van der Waals surface area contributed by atoms with E-state index in [1.54, 1.807) is 53.3 Å². The number of nitrogens with zero attached hydrogens (tertiary/aromatic N) is 1. The molecule has 228 valence electrons. The molecule has 0 radical (unpaired) electrons. The molecule has 1 unspecified atom stereocenters. The van der Waals surface area contributed by atoms with Crippen molar-refractivity contribution in [2.24, 2.45) is 10.9 Å². The summed E-state index contributed by atoms with van der Waals surface area (Å²) < 4.78 is 15.6. The van der Waals surface area contributed by atoms with E-state index < -0.39 is 35.3 Å². The molecule has 0 spiro atoms. The highest BCUT2D eigenvalue weighted by molar-refractivity contribution is 7.99. The third kappa shape index (κ3) is 21.3. The molecular formula is C31H52N2O6S. The molecule has 0 aromatic heterocycles. The van der Waals surface area contributed by atoms with Crippen molar-refractivity contribution in [2.75, 3.05) is 18.6 Å². The van der Waals surface area contributed by atoms with Crippen molar-refractivity contribution in [1.82, 2.24) is 5.32 Å². The van der Waals surface area contributed by atoms with Crippen LogP contribution in [0.25, 0.3) is 0 Å². The Morgan fingerprint density at radius 2 is 1.40 bits per heavy atom. The minimum atomic E-state index is -0.866. The number of esters is 1. The zero-order valence-corrected chi connectivity index (χ0v) is 27.4. The van der Waals surface area contributed by atoms with Crippen LogP contribution in [0, 0.1) is 5.92 Å². The van der Waals surface area contributed by atoms with Gasteiger partial charge in [0.05, 0.1) is 13.0 Å². The monoisotopic (exact) mass is 580 g/mol. The molecule has 0 aliphatic carbocycles.